The Hall–Kier alpha value is -1.36. The summed E-state index contributed by atoms with van der Waals surface area (Å²) in [4.78, 5) is 11.6. The molecule has 1 saturated heterocycles. The fourth-order valence-corrected chi connectivity index (χ4v) is 2.33. The Morgan fingerprint density at radius 3 is 2.94 bits per heavy atom. The molecule has 1 N–H and O–H groups in total. The summed E-state index contributed by atoms with van der Waals surface area (Å²) in [5, 5.41) is 7.69. The van der Waals surface area contributed by atoms with Crippen LogP contribution < -0.4 is 5.32 Å². The Labute approximate surface area is 108 Å². The molecule has 0 amide bonds. The molecular weight excluding hydrogens is 230 g/mol. The molecule has 0 spiro atoms. The molecule has 1 aliphatic rings. The van der Waals surface area contributed by atoms with Gasteiger partial charge in [-0.15, -0.1) is 0 Å². The Morgan fingerprint density at radius 2 is 2.39 bits per heavy atom. The molecule has 2 heterocycles. The number of aryl methyl sites for hydroxylation is 1. The lowest BCUT2D eigenvalue weighted by Crippen LogP contribution is -2.37. The number of esters is 1. The summed E-state index contributed by atoms with van der Waals surface area (Å²) in [7, 11) is 0. The van der Waals surface area contributed by atoms with Gasteiger partial charge in [-0.2, -0.15) is 5.10 Å². The first-order valence-electron chi connectivity index (χ1n) is 6.67. The maximum Gasteiger partial charge on any atom is 0.310 e. The molecule has 0 aliphatic carbocycles. The van der Waals surface area contributed by atoms with Gasteiger partial charge in [-0.05, 0) is 26.7 Å². The maximum absolute atomic E-state index is 11.6. The number of nitrogens with zero attached hydrogens (tertiary/aromatic N) is 2. The highest BCUT2D eigenvalue weighted by Gasteiger charge is 2.27. The van der Waals surface area contributed by atoms with Crippen molar-refractivity contribution in [1.82, 2.24) is 15.1 Å². The van der Waals surface area contributed by atoms with Gasteiger partial charge in [0.15, 0.2) is 0 Å². The Balaban J connectivity index is 1.88. The number of nitrogens with one attached hydrogen (secondary N) is 1. The highest BCUT2D eigenvalue weighted by atomic mass is 16.5. The van der Waals surface area contributed by atoms with Crippen LogP contribution >= 0.6 is 0 Å². The van der Waals surface area contributed by atoms with Crippen LogP contribution in [0.25, 0.3) is 0 Å². The zero-order chi connectivity index (χ0) is 13.0. The number of aromatic nitrogens is 2. The normalized spacial score (nSPS) is 23.9. The van der Waals surface area contributed by atoms with E-state index in [0.717, 1.165) is 19.4 Å². The second-order valence-electron chi connectivity index (χ2n) is 4.62. The number of carbonyl (C=O) groups is 1. The summed E-state index contributed by atoms with van der Waals surface area (Å²) in [6.45, 7) is 5.96. The molecule has 0 saturated carbocycles. The van der Waals surface area contributed by atoms with Gasteiger partial charge in [0.05, 0.1) is 18.7 Å². The Morgan fingerprint density at radius 1 is 1.56 bits per heavy atom. The van der Waals surface area contributed by atoms with Crippen molar-refractivity contribution in [2.24, 2.45) is 5.92 Å². The zero-order valence-corrected chi connectivity index (χ0v) is 11.1. The van der Waals surface area contributed by atoms with Crippen molar-refractivity contribution >= 4 is 5.97 Å². The molecule has 18 heavy (non-hydrogen) atoms. The summed E-state index contributed by atoms with van der Waals surface area (Å²) < 4.78 is 6.97. The van der Waals surface area contributed by atoms with Crippen molar-refractivity contribution in [3.8, 4) is 0 Å². The van der Waals surface area contributed by atoms with Crippen LogP contribution in [0.3, 0.4) is 0 Å². The minimum absolute atomic E-state index is 0.00224. The molecule has 0 bridgehead atoms. The molecule has 1 aromatic rings. The van der Waals surface area contributed by atoms with Gasteiger partial charge in [-0.25, -0.2) is 0 Å². The first kappa shape index (κ1) is 13.1. The number of carbonyl (C=O) groups excluding carboxylic acids is 1. The zero-order valence-electron chi connectivity index (χ0n) is 11.1. The fraction of sp³-hybridized carbons (Fsp3) is 0.692. The maximum atomic E-state index is 11.6. The third-order valence-corrected chi connectivity index (χ3v) is 3.41. The molecule has 2 atom stereocenters. The third-order valence-electron chi connectivity index (χ3n) is 3.41. The molecule has 0 aromatic carbocycles. The van der Waals surface area contributed by atoms with Gasteiger partial charge in [0.1, 0.15) is 0 Å². The van der Waals surface area contributed by atoms with E-state index in [1.165, 1.54) is 5.56 Å². The predicted molar refractivity (Wildman–Crippen MR) is 68.0 cm³/mol. The van der Waals surface area contributed by atoms with E-state index >= 15 is 0 Å². The SMILES string of the molecule is CCOC(=O)C1CCC(c2cnn(CC)c2)NC1. The quantitative estimate of drug-likeness (QED) is 0.824. The van der Waals surface area contributed by atoms with Crippen molar-refractivity contribution in [2.45, 2.75) is 39.3 Å². The van der Waals surface area contributed by atoms with Crippen LogP contribution in [0.4, 0.5) is 0 Å². The van der Waals surface area contributed by atoms with Crippen LogP contribution in [0.2, 0.25) is 0 Å². The van der Waals surface area contributed by atoms with Crippen LogP contribution in [0.5, 0.6) is 0 Å². The van der Waals surface area contributed by atoms with Crippen LogP contribution in [0.15, 0.2) is 12.4 Å². The fourth-order valence-electron chi connectivity index (χ4n) is 2.33. The van der Waals surface area contributed by atoms with Crippen molar-refractivity contribution in [2.75, 3.05) is 13.2 Å². The molecular formula is C13H21N3O2. The highest BCUT2D eigenvalue weighted by molar-refractivity contribution is 5.72. The second kappa shape index (κ2) is 6.00. The number of hydrogen-bond acceptors (Lipinski definition) is 4. The summed E-state index contributed by atoms with van der Waals surface area (Å²) in [5.74, 6) is -0.0740. The first-order valence-corrected chi connectivity index (χ1v) is 6.67. The van der Waals surface area contributed by atoms with E-state index < -0.39 is 0 Å². The number of ether oxygens (including phenoxy) is 1. The summed E-state index contributed by atoms with van der Waals surface area (Å²) >= 11 is 0. The first-order chi connectivity index (χ1) is 8.74. The Kier molecular flexibility index (Phi) is 4.36. The summed E-state index contributed by atoms with van der Waals surface area (Å²) in [6, 6.07) is 0.316. The molecule has 100 valence electrons. The van der Waals surface area contributed by atoms with Gasteiger partial charge in [0.2, 0.25) is 0 Å². The number of piperidine rings is 1. The topological polar surface area (TPSA) is 56.1 Å². The van der Waals surface area contributed by atoms with E-state index in [4.69, 9.17) is 4.74 Å². The van der Waals surface area contributed by atoms with Crippen molar-refractivity contribution in [3.05, 3.63) is 18.0 Å². The van der Waals surface area contributed by atoms with Crippen molar-refractivity contribution in [1.29, 1.82) is 0 Å². The van der Waals surface area contributed by atoms with Crippen LogP contribution in [-0.4, -0.2) is 28.9 Å². The molecule has 1 aromatic heterocycles. The molecule has 1 fully saturated rings. The third kappa shape index (κ3) is 2.90. The van der Waals surface area contributed by atoms with Crippen LogP contribution in [0, 0.1) is 5.92 Å². The van der Waals surface area contributed by atoms with Gasteiger partial charge in [0, 0.05) is 30.9 Å². The van der Waals surface area contributed by atoms with Gasteiger partial charge >= 0.3 is 5.97 Å². The van der Waals surface area contributed by atoms with E-state index in [9.17, 15) is 4.79 Å². The molecule has 0 radical (unpaired) electrons. The number of rotatable bonds is 4. The summed E-state index contributed by atoms with van der Waals surface area (Å²) in [5.41, 5.74) is 1.21. The largest absolute Gasteiger partial charge is 0.466 e. The lowest BCUT2D eigenvalue weighted by molar-refractivity contribution is -0.148. The summed E-state index contributed by atoms with van der Waals surface area (Å²) in [6.07, 6.45) is 5.82. The molecule has 5 heteroatoms. The number of hydrogen-bond donors (Lipinski definition) is 1. The standard InChI is InChI=1S/C13H21N3O2/c1-3-16-9-11(8-15-16)12-6-5-10(7-14-12)13(17)18-4-2/h8-10,12,14H,3-7H2,1-2H3. The predicted octanol–water partition coefficient (Wildman–Crippen LogP) is 1.51. The smallest absolute Gasteiger partial charge is 0.310 e. The molecule has 5 nitrogen and oxygen atoms in total. The monoisotopic (exact) mass is 251 g/mol. The minimum atomic E-state index is -0.0762. The van der Waals surface area contributed by atoms with Crippen molar-refractivity contribution < 1.29 is 9.53 Å². The van der Waals surface area contributed by atoms with Crippen LogP contribution in [0.1, 0.15) is 38.3 Å². The van der Waals surface area contributed by atoms with Gasteiger partial charge < -0.3 is 10.1 Å². The second-order valence-corrected chi connectivity index (χ2v) is 4.62. The van der Waals surface area contributed by atoms with E-state index in [2.05, 4.69) is 23.5 Å². The van der Waals surface area contributed by atoms with Crippen LogP contribution in [-0.2, 0) is 16.1 Å². The molecule has 2 rings (SSSR count). The molecule has 2 unspecified atom stereocenters. The van der Waals surface area contributed by atoms with Crippen molar-refractivity contribution in [3.63, 3.8) is 0 Å². The van der Waals surface area contributed by atoms with Gasteiger partial charge in [-0.1, -0.05) is 0 Å². The van der Waals surface area contributed by atoms with E-state index in [1.807, 2.05) is 17.8 Å². The highest BCUT2D eigenvalue weighted by Crippen LogP contribution is 2.26. The average molecular weight is 251 g/mol. The lowest BCUT2D eigenvalue weighted by Gasteiger charge is -2.27. The average Bonchev–Trinajstić information content (AvgIpc) is 2.88. The Bertz CT molecular complexity index is 395. The molecule has 1 aliphatic heterocycles. The van der Waals surface area contributed by atoms with Gasteiger partial charge in [-0.3, -0.25) is 9.48 Å². The van der Waals surface area contributed by atoms with E-state index in [1.54, 1.807) is 0 Å². The van der Waals surface area contributed by atoms with Gasteiger partial charge in [0.25, 0.3) is 0 Å². The van der Waals surface area contributed by atoms with E-state index in [0.29, 0.717) is 19.2 Å². The lowest BCUT2D eigenvalue weighted by atomic mass is 9.92. The minimum Gasteiger partial charge on any atom is -0.466 e. The van der Waals surface area contributed by atoms with E-state index in [-0.39, 0.29) is 11.9 Å².